The van der Waals surface area contributed by atoms with Crippen LogP contribution in [0.4, 0.5) is 0 Å². The van der Waals surface area contributed by atoms with Crippen molar-refractivity contribution in [1.29, 1.82) is 0 Å². The molecule has 114 valence electrons. The summed E-state index contributed by atoms with van der Waals surface area (Å²) in [4.78, 5) is 13.2. The van der Waals surface area contributed by atoms with Gasteiger partial charge in [0.15, 0.2) is 0 Å². The maximum absolute atomic E-state index is 11.9. The van der Waals surface area contributed by atoms with Crippen LogP contribution >= 0.6 is 11.8 Å². The number of hydrogen-bond acceptors (Lipinski definition) is 3. The highest BCUT2D eigenvalue weighted by Gasteiger charge is 2.23. The number of thioether (sulfide) groups is 1. The van der Waals surface area contributed by atoms with Crippen molar-refractivity contribution in [3.63, 3.8) is 0 Å². The third kappa shape index (κ3) is 4.24. The number of nitrogens with one attached hydrogen (secondary N) is 1. The van der Waals surface area contributed by atoms with Gasteiger partial charge in [-0.05, 0) is 43.4 Å². The van der Waals surface area contributed by atoms with Crippen LogP contribution in [0.1, 0.15) is 44.1 Å². The van der Waals surface area contributed by atoms with Crippen molar-refractivity contribution < 1.29 is 9.53 Å². The zero-order valence-corrected chi connectivity index (χ0v) is 13.2. The number of hydrogen-bond donors (Lipinski definition) is 1. The molecule has 3 rings (SSSR count). The van der Waals surface area contributed by atoms with E-state index < -0.39 is 0 Å². The molecule has 4 heteroatoms. The molecule has 1 atom stereocenters. The second-order valence-corrected chi connectivity index (χ2v) is 7.26. The van der Waals surface area contributed by atoms with Crippen LogP contribution in [0.3, 0.4) is 0 Å². The zero-order chi connectivity index (χ0) is 14.5. The molecule has 1 aromatic carbocycles. The fourth-order valence-corrected chi connectivity index (χ4v) is 4.22. The number of amides is 1. The van der Waals surface area contributed by atoms with Crippen molar-refractivity contribution in [3.05, 3.63) is 29.8 Å². The number of benzene rings is 1. The first-order valence-electron chi connectivity index (χ1n) is 7.96. The summed E-state index contributed by atoms with van der Waals surface area (Å²) in [5.74, 6) is 0.0249. The molecule has 1 amide bonds. The second-order valence-electron chi connectivity index (χ2n) is 5.89. The number of carbonyl (C=O) groups is 1. The minimum Gasteiger partial charge on any atom is -0.368 e. The Labute approximate surface area is 130 Å². The van der Waals surface area contributed by atoms with Crippen LogP contribution in [0.5, 0.6) is 0 Å². The van der Waals surface area contributed by atoms with E-state index in [0.29, 0.717) is 13.2 Å². The SMILES string of the molecule is O=C(NCc1ccc(SC2CCCC2)cc1)C1CCCO1. The van der Waals surface area contributed by atoms with Gasteiger partial charge in [0.1, 0.15) is 6.10 Å². The molecule has 1 unspecified atom stereocenters. The van der Waals surface area contributed by atoms with Crippen LogP contribution < -0.4 is 5.32 Å². The van der Waals surface area contributed by atoms with Gasteiger partial charge in [-0.15, -0.1) is 11.8 Å². The quantitative estimate of drug-likeness (QED) is 0.904. The van der Waals surface area contributed by atoms with E-state index in [4.69, 9.17) is 4.74 Å². The average molecular weight is 305 g/mol. The zero-order valence-electron chi connectivity index (χ0n) is 12.3. The fourth-order valence-electron chi connectivity index (χ4n) is 2.97. The van der Waals surface area contributed by atoms with Gasteiger partial charge in [-0.3, -0.25) is 4.79 Å². The summed E-state index contributed by atoms with van der Waals surface area (Å²) in [5.41, 5.74) is 1.15. The van der Waals surface area contributed by atoms with E-state index in [2.05, 4.69) is 29.6 Å². The largest absolute Gasteiger partial charge is 0.368 e. The van der Waals surface area contributed by atoms with Crippen LogP contribution in [-0.2, 0) is 16.1 Å². The molecule has 1 saturated heterocycles. The first-order chi connectivity index (χ1) is 10.3. The van der Waals surface area contributed by atoms with Gasteiger partial charge < -0.3 is 10.1 Å². The minimum atomic E-state index is -0.234. The molecule has 3 nitrogen and oxygen atoms in total. The Morgan fingerprint density at radius 1 is 1.14 bits per heavy atom. The molecule has 0 aromatic heterocycles. The standard InChI is InChI=1S/C17H23NO2S/c19-17(16-6-3-11-20-16)18-12-13-7-9-15(10-8-13)21-14-4-1-2-5-14/h7-10,14,16H,1-6,11-12H2,(H,18,19). The van der Waals surface area contributed by atoms with Crippen LogP contribution in [-0.4, -0.2) is 23.9 Å². The third-order valence-corrected chi connectivity index (χ3v) is 5.57. The van der Waals surface area contributed by atoms with E-state index in [1.807, 2.05) is 11.8 Å². The summed E-state index contributed by atoms with van der Waals surface area (Å²) in [6.45, 7) is 1.30. The number of carbonyl (C=O) groups excluding carboxylic acids is 1. The van der Waals surface area contributed by atoms with Crippen LogP contribution in [0, 0.1) is 0 Å². The molecular formula is C17H23NO2S. The average Bonchev–Trinajstić information content (AvgIpc) is 3.19. The Hall–Kier alpha value is -1.00. The molecule has 1 aromatic rings. The van der Waals surface area contributed by atoms with E-state index in [9.17, 15) is 4.79 Å². The Morgan fingerprint density at radius 2 is 1.90 bits per heavy atom. The Morgan fingerprint density at radius 3 is 2.57 bits per heavy atom. The Kier molecular flexibility index (Phi) is 5.20. The van der Waals surface area contributed by atoms with Gasteiger partial charge in [-0.25, -0.2) is 0 Å². The van der Waals surface area contributed by atoms with Gasteiger partial charge in [0.25, 0.3) is 0 Å². The van der Waals surface area contributed by atoms with Crippen molar-refractivity contribution in [2.75, 3.05) is 6.61 Å². The lowest BCUT2D eigenvalue weighted by molar-refractivity contribution is -0.130. The van der Waals surface area contributed by atoms with E-state index in [1.165, 1.54) is 30.6 Å². The molecule has 2 fully saturated rings. The highest BCUT2D eigenvalue weighted by molar-refractivity contribution is 8.00. The predicted octanol–water partition coefficient (Wildman–Crippen LogP) is 3.52. The summed E-state index contributed by atoms with van der Waals surface area (Å²) in [7, 11) is 0. The molecule has 0 radical (unpaired) electrons. The topological polar surface area (TPSA) is 38.3 Å². The second kappa shape index (κ2) is 7.32. The van der Waals surface area contributed by atoms with Crippen molar-refractivity contribution >= 4 is 17.7 Å². The van der Waals surface area contributed by atoms with Crippen LogP contribution in [0.25, 0.3) is 0 Å². The summed E-state index contributed by atoms with van der Waals surface area (Å²) >= 11 is 2.00. The molecular weight excluding hydrogens is 282 g/mol. The highest BCUT2D eigenvalue weighted by Crippen LogP contribution is 2.34. The van der Waals surface area contributed by atoms with Crippen LogP contribution in [0.2, 0.25) is 0 Å². The predicted molar refractivity (Wildman–Crippen MR) is 85.4 cm³/mol. The summed E-state index contributed by atoms with van der Waals surface area (Å²) in [6, 6.07) is 8.59. The first kappa shape index (κ1) is 14.9. The molecule has 1 aliphatic carbocycles. The molecule has 21 heavy (non-hydrogen) atoms. The summed E-state index contributed by atoms with van der Waals surface area (Å²) < 4.78 is 5.38. The fraction of sp³-hybridized carbons (Fsp3) is 0.588. The third-order valence-electron chi connectivity index (χ3n) is 4.22. The lowest BCUT2D eigenvalue weighted by Gasteiger charge is -2.11. The monoisotopic (exact) mass is 305 g/mol. The van der Waals surface area contributed by atoms with Gasteiger partial charge in [0.05, 0.1) is 0 Å². The molecule has 0 bridgehead atoms. The Balaban J connectivity index is 1.46. The molecule has 1 saturated carbocycles. The molecule has 1 N–H and O–H groups in total. The number of rotatable bonds is 5. The lowest BCUT2D eigenvalue weighted by atomic mass is 10.2. The summed E-state index contributed by atoms with van der Waals surface area (Å²) in [6.07, 6.45) is 7.07. The van der Waals surface area contributed by atoms with E-state index in [-0.39, 0.29) is 12.0 Å². The maximum atomic E-state index is 11.9. The summed E-state index contributed by atoms with van der Waals surface area (Å²) in [5, 5.41) is 3.76. The van der Waals surface area contributed by atoms with E-state index in [1.54, 1.807) is 0 Å². The number of ether oxygens (including phenoxy) is 1. The van der Waals surface area contributed by atoms with Gasteiger partial charge in [0, 0.05) is 23.3 Å². The molecule has 0 spiro atoms. The smallest absolute Gasteiger partial charge is 0.249 e. The molecule has 2 aliphatic rings. The van der Waals surface area contributed by atoms with E-state index in [0.717, 1.165) is 23.7 Å². The van der Waals surface area contributed by atoms with Gasteiger partial charge in [-0.1, -0.05) is 25.0 Å². The minimum absolute atomic E-state index is 0.0249. The van der Waals surface area contributed by atoms with Gasteiger partial charge >= 0.3 is 0 Å². The highest BCUT2D eigenvalue weighted by atomic mass is 32.2. The lowest BCUT2D eigenvalue weighted by Crippen LogP contribution is -2.33. The maximum Gasteiger partial charge on any atom is 0.249 e. The normalized spacial score (nSPS) is 22.6. The van der Waals surface area contributed by atoms with Crippen molar-refractivity contribution in [3.8, 4) is 0 Å². The van der Waals surface area contributed by atoms with Crippen molar-refractivity contribution in [1.82, 2.24) is 5.32 Å². The molecule has 1 heterocycles. The van der Waals surface area contributed by atoms with Crippen molar-refractivity contribution in [2.45, 2.75) is 61.3 Å². The molecule has 1 aliphatic heterocycles. The Bertz CT molecular complexity index is 462. The van der Waals surface area contributed by atoms with Gasteiger partial charge in [-0.2, -0.15) is 0 Å². The first-order valence-corrected chi connectivity index (χ1v) is 8.84. The van der Waals surface area contributed by atoms with Crippen LogP contribution in [0.15, 0.2) is 29.2 Å². The van der Waals surface area contributed by atoms with Crippen molar-refractivity contribution in [2.24, 2.45) is 0 Å². The van der Waals surface area contributed by atoms with E-state index >= 15 is 0 Å². The van der Waals surface area contributed by atoms with Gasteiger partial charge in [0.2, 0.25) is 5.91 Å².